The second kappa shape index (κ2) is 10.8. The number of ether oxygens (including phenoxy) is 1. The third-order valence-electron chi connectivity index (χ3n) is 4.93. The number of nitrogens with one attached hydrogen (secondary N) is 2. The molecule has 7 heteroatoms. The van der Waals surface area contributed by atoms with Gasteiger partial charge in [0, 0.05) is 30.4 Å². The Morgan fingerprint density at radius 2 is 1.81 bits per heavy atom. The minimum absolute atomic E-state index is 0.0478. The molecule has 0 spiro atoms. The molecule has 1 saturated heterocycles. The molecule has 31 heavy (non-hydrogen) atoms. The molecular weight excluding hydrogens is 410 g/mol. The highest BCUT2D eigenvalue weighted by molar-refractivity contribution is 7.80. The van der Waals surface area contributed by atoms with Crippen molar-refractivity contribution < 1.29 is 14.3 Å². The molecule has 1 aliphatic heterocycles. The molecule has 2 aromatic carbocycles. The molecule has 3 rings (SSSR count). The zero-order valence-electron chi connectivity index (χ0n) is 17.8. The standard InChI is InChI=1S/C24H27N3O3S/c1-17(2)19-9-6-18(7-10-19)8-11-22(28)26-24(31)25-21-5-3-4-20(16-21)23(29)27-12-14-30-15-13-27/h3-11,16-17H,12-15H2,1-2H3,(H2,25,26,28,31)/b11-8+. The average molecular weight is 438 g/mol. The van der Waals surface area contributed by atoms with Gasteiger partial charge >= 0.3 is 0 Å². The van der Waals surface area contributed by atoms with Crippen LogP contribution in [0.25, 0.3) is 6.08 Å². The van der Waals surface area contributed by atoms with Gasteiger partial charge in [-0.25, -0.2) is 0 Å². The van der Waals surface area contributed by atoms with E-state index in [1.807, 2.05) is 12.1 Å². The Bertz CT molecular complexity index is 964. The van der Waals surface area contributed by atoms with Crippen molar-refractivity contribution in [1.29, 1.82) is 0 Å². The van der Waals surface area contributed by atoms with E-state index >= 15 is 0 Å². The smallest absolute Gasteiger partial charge is 0.254 e. The highest BCUT2D eigenvalue weighted by Crippen LogP contribution is 2.16. The van der Waals surface area contributed by atoms with Crippen molar-refractivity contribution in [3.05, 3.63) is 71.3 Å². The summed E-state index contributed by atoms with van der Waals surface area (Å²) in [6.45, 7) is 6.54. The first-order valence-electron chi connectivity index (χ1n) is 10.3. The van der Waals surface area contributed by atoms with Crippen LogP contribution in [0.5, 0.6) is 0 Å². The zero-order valence-corrected chi connectivity index (χ0v) is 18.6. The van der Waals surface area contributed by atoms with Gasteiger partial charge in [-0.2, -0.15) is 0 Å². The molecular formula is C24H27N3O3S. The summed E-state index contributed by atoms with van der Waals surface area (Å²) < 4.78 is 5.29. The summed E-state index contributed by atoms with van der Waals surface area (Å²) in [6.07, 6.45) is 3.18. The van der Waals surface area contributed by atoms with Crippen molar-refractivity contribution in [3.63, 3.8) is 0 Å². The van der Waals surface area contributed by atoms with Gasteiger partial charge in [-0.1, -0.05) is 44.2 Å². The van der Waals surface area contributed by atoms with Crippen LogP contribution in [0.4, 0.5) is 5.69 Å². The largest absolute Gasteiger partial charge is 0.378 e. The molecule has 162 valence electrons. The van der Waals surface area contributed by atoms with Crippen LogP contribution < -0.4 is 10.6 Å². The van der Waals surface area contributed by atoms with Crippen molar-refractivity contribution in [2.45, 2.75) is 19.8 Å². The van der Waals surface area contributed by atoms with Gasteiger partial charge in [0.15, 0.2) is 5.11 Å². The first-order chi connectivity index (χ1) is 14.9. The van der Waals surface area contributed by atoms with Crippen molar-refractivity contribution in [1.82, 2.24) is 10.2 Å². The molecule has 1 aliphatic rings. The quantitative estimate of drug-likeness (QED) is 0.550. The maximum absolute atomic E-state index is 12.6. The Morgan fingerprint density at radius 3 is 2.48 bits per heavy atom. The highest BCUT2D eigenvalue weighted by Gasteiger charge is 2.18. The topological polar surface area (TPSA) is 70.7 Å². The number of benzene rings is 2. The lowest BCUT2D eigenvalue weighted by molar-refractivity contribution is -0.115. The maximum Gasteiger partial charge on any atom is 0.254 e. The van der Waals surface area contributed by atoms with Crippen LogP contribution in [0.2, 0.25) is 0 Å². The molecule has 1 heterocycles. The van der Waals surface area contributed by atoms with Gasteiger partial charge in [0.25, 0.3) is 5.91 Å². The summed E-state index contributed by atoms with van der Waals surface area (Å²) >= 11 is 5.23. The van der Waals surface area contributed by atoms with Crippen LogP contribution >= 0.6 is 12.2 Å². The average Bonchev–Trinajstić information content (AvgIpc) is 2.78. The Balaban J connectivity index is 1.54. The SMILES string of the molecule is CC(C)c1ccc(/C=C/C(=O)NC(=S)Nc2cccc(C(=O)N3CCOCC3)c2)cc1. The Hall–Kier alpha value is -3.03. The van der Waals surface area contributed by atoms with E-state index in [-0.39, 0.29) is 16.9 Å². The van der Waals surface area contributed by atoms with E-state index in [4.69, 9.17) is 17.0 Å². The van der Waals surface area contributed by atoms with Gasteiger partial charge in [-0.05, 0) is 53.5 Å². The Kier molecular flexibility index (Phi) is 7.92. The van der Waals surface area contributed by atoms with Crippen molar-refractivity contribution in [2.75, 3.05) is 31.6 Å². The number of hydrogen-bond donors (Lipinski definition) is 2. The lowest BCUT2D eigenvalue weighted by atomic mass is 10.0. The number of amides is 2. The van der Waals surface area contributed by atoms with Gasteiger partial charge < -0.3 is 15.0 Å². The van der Waals surface area contributed by atoms with Crippen LogP contribution in [0.3, 0.4) is 0 Å². The summed E-state index contributed by atoms with van der Waals surface area (Å²) in [6, 6.07) is 15.1. The van der Waals surface area contributed by atoms with E-state index in [1.165, 1.54) is 11.6 Å². The summed E-state index contributed by atoms with van der Waals surface area (Å²) in [5, 5.41) is 5.75. The Morgan fingerprint density at radius 1 is 1.10 bits per heavy atom. The van der Waals surface area contributed by atoms with Crippen molar-refractivity contribution in [2.24, 2.45) is 0 Å². The highest BCUT2D eigenvalue weighted by atomic mass is 32.1. The molecule has 0 aromatic heterocycles. The van der Waals surface area contributed by atoms with Crippen LogP contribution in [0.1, 0.15) is 41.3 Å². The minimum atomic E-state index is -0.328. The third-order valence-corrected chi connectivity index (χ3v) is 5.14. The number of rotatable bonds is 5. The van der Waals surface area contributed by atoms with E-state index in [2.05, 4.69) is 36.6 Å². The molecule has 0 atom stereocenters. The van der Waals surface area contributed by atoms with Gasteiger partial charge in [0.1, 0.15) is 0 Å². The molecule has 2 N–H and O–H groups in total. The van der Waals surface area contributed by atoms with Crippen LogP contribution in [0, 0.1) is 0 Å². The number of carbonyl (C=O) groups is 2. The molecule has 0 aliphatic carbocycles. The lowest BCUT2D eigenvalue weighted by Gasteiger charge is -2.27. The molecule has 6 nitrogen and oxygen atoms in total. The van der Waals surface area contributed by atoms with Crippen molar-refractivity contribution >= 4 is 40.9 Å². The monoisotopic (exact) mass is 437 g/mol. The summed E-state index contributed by atoms with van der Waals surface area (Å²) in [4.78, 5) is 26.6. The van der Waals surface area contributed by atoms with E-state index in [0.717, 1.165) is 5.56 Å². The molecule has 1 fully saturated rings. The number of thiocarbonyl (C=S) groups is 1. The Labute approximate surface area is 188 Å². The third kappa shape index (κ3) is 6.73. The van der Waals surface area contributed by atoms with Crippen LogP contribution in [-0.2, 0) is 9.53 Å². The minimum Gasteiger partial charge on any atom is -0.378 e. The van der Waals surface area contributed by atoms with Crippen LogP contribution in [0.15, 0.2) is 54.6 Å². The first kappa shape index (κ1) is 22.7. The zero-order chi connectivity index (χ0) is 22.2. The molecule has 2 aromatic rings. The van der Waals surface area contributed by atoms with E-state index < -0.39 is 0 Å². The molecule has 0 radical (unpaired) electrons. The van der Waals surface area contributed by atoms with Crippen LogP contribution in [-0.4, -0.2) is 48.1 Å². The number of carbonyl (C=O) groups excluding carboxylic acids is 2. The molecule has 0 bridgehead atoms. The van der Waals surface area contributed by atoms with Gasteiger partial charge in [0.05, 0.1) is 13.2 Å². The van der Waals surface area contributed by atoms with E-state index in [1.54, 1.807) is 35.2 Å². The predicted octanol–water partition coefficient (Wildman–Crippen LogP) is 3.81. The fraction of sp³-hybridized carbons (Fsp3) is 0.292. The van der Waals surface area contributed by atoms with Gasteiger partial charge in [-0.15, -0.1) is 0 Å². The first-order valence-corrected chi connectivity index (χ1v) is 10.7. The fourth-order valence-corrected chi connectivity index (χ4v) is 3.38. The molecule has 0 saturated carbocycles. The van der Waals surface area contributed by atoms with Gasteiger partial charge in [0.2, 0.25) is 5.91 Å². The number of anilines is 1. The predicted molar refractivity (Wildman–Crippen MR) is 127 cm³/mol. The normalized spacial score (nSPS) is 14.0. The second-order valence-corrected chi connectivity index (χ2v) is 7.99. The van der Waals surface area contributed by atoms with Crippen molar-refractivity contribution in [3.8, 4) is 0 Å². The van der Waals surface area contributed by atoms with E-state index in [9.17, 15) is 9.59 Å². The molecule has 2 amide bonds. The lowest BCUT2D eigenvalue weighted by Crippen LogP contribution is -2.40. The second-order valence-electron chi connectivity index (χ2n) is 7.58. The molecule has 0 unspecified atom stereocenters. The number of morpholine rings is 1. The summed E-state index contributed by atoms with van der Waals surface area (Å²) in [7, 11) is 0. The maximum atomic E-state index is 12.6. The summed E-state index contributed by atoms with van der Waals surface area (Å²) in [5.41, 5.74) is 3.39. The number of hydrogen-bond acceptors (Lipinski definition) is 4. The fourth-order valence-electron chi connectivity index (χ4n) is 3.16. The summed E-state index contributed by atoms with van der Waals surface area (Å²) in [5.74, 6) is 0.0896. The van der Waals surface area contributed by atoms with Gasteiger partial charge in [-0.3, -0.25) is 14.9 Å². The number of nitrogens with zero attached hydrogens (tertiary/aromatic N) is 1. The van der Waals surface area contributed by atoms with E-state index in [0.29, 0.717) is 43.5 Å².